The molecule has 2 amide bonds. The third-order valence-corrected chi connectivity index (χ3v) is 3.85. The minimum atomic E-state index is -0.401. The Labute approximate surface area is 137 Å². The molecule has 2 rings (SSSR count). The molecule has 2 unspecified atom stereocenters. The molecule has 2 aromatic carbocycles. The topological polar surface area (TPSA) is 61.4 Å². The molecule has 0 saturated carbocycles. The number of hydrogen-bond acceptors (Lipinski definition) is 2. The fraction of sp³-hybridized carbons (Fsp3) is 0.316. The predicted molar refractivity (Wildman–Crippen MR) is 92.3 cm³/mol. The summed E-state index contributed by atoms with van der Waals surface area (Å²) in [6.07, 6.45) is 0.773. The largest absolute Gasteiger partial charge is 0.394 e. The Morgan fingerprint density at radius 1 is 1.04 bits per heavy atom. The molecule has 2 atom stereocenters. The lowest BCUT2D eigenvalue weighted by molar-refractivity contribution is 0.214. The van der Waals surface area contributed by atoms with Gasteiger partial charge in [0.1, 0.15) is 0 Å². The van der Waals surface area contributed by atoms with Gasteiger partial charge >= 0.3 is 6.03 Å². The average molecular weight is 312 g/mol. The number of carbonyl (C=O) groups is 1. The lowest BCUT2D eigenvalue weighted by Crippen LogP contribution is -2.44. The Morgan fingerprint density at radius 3 is 2.35 bits per heavy atom. The van der Waals surface area contributed by atoms with Gasteiger partial charge in [0, 0.05) is 6.04 Å². The first-order valence-electron chi connectivity index (χ1n) is 7.87. The molecule has 0 saturated heterocycles. The van der Waals surface area contributed by atoms with Gasteiger partial charge in [-0.25, -0.2) is 4.79 Å². The van der Waals surface area contributed by atoms with E-state index in [1.807, 2.05) is 49.4 Å². The third kappa shape index (κ3) is 5.11. The van der Waals surface area contributed by atoms with Crippen LogP contribution in [0.4, 0.5) is 4.79 Å². The average Bonchev–Trinajstić information content (AvgIpc) is 2.55. The maximum Gasteiger partial charge on any atom is 0.315 e. The SMILES string of the molecule is Cc1ccccc1CC(C)NC(=O)NC(CO)c1ccccc1. The summed E-state index contributed by atoms with van der Waals surface area (Å²) in [6, 6.07) is 16.9. The van der Waals surface area contributed by atoms with Gasteiger partial charge in [-0.1, -0.05) is 54.6 Å². The van der Waals surface area contributed by atoms with Crippen LogP contribution in [0.1, 0.15) is 29.7 Å². The molecular formula is C19H24N2O2. The Hall–Kier alpha value is -2.33. The van der Waals surface area contributed by atoms with Gasteiger partial charge in [0.25, 0.3) is 0 Å². The van der Waals surface area contributed by atoms with E-state index in [0.717, 1.165) is 12.0 Å². The Bertz CT molecular complexity index is 628. The van der Waals surface area contributed by atoms with Crippen LogP contribution in [-0.2, 0) is 6.42 Å². The summed E-state index contributed by atoms with van der Waals surface area (Å²) in [5, 5.41) is 15.2. The molecule has 4 heteroatoms. The van der Waals surface area contributed by atoms with Crippen LogP contribution in [0.15, 0.2) is 54.6 Å². The minimum Gasteiger partial charge on any atom is -0.394 e. The van der Waals surface area contributed by atoms with Crippen molar-refractivity contribution in [2.45, 2.75) is 32.4 Å². The van der Waals surface area contributed by atoms with Crippen LogP contribution in [0, 0.1) is 6.92 Å². The number of carbonyl (C=O) groups excluding carboxylic acids is 1. The summed E-state index contributed by atoms with van der Waals surface area (Å²) < 4.78 is 0. The normalized spacial score (nSPS) is 13.2. The number of rotatable bonds is 6. The van der Waals surface area contributed by atoms with Crippen molar-refractivity contribution >= 4 is 6.03 Å². The van der Waals surface area contributed by atoms with Gasteiger partial charge < -0.3 is 15.7 Å². The van der Waals surface area contributed by atoms with Crippen molar-refractivity contribution in [2.75, 3.05) is 6.61 Å². The van der Waals surface area contributed by atoms with Gasteiger partial charge in [-0.3, -0.25) is 0 Å². The van der Waals surface area contributed by atoms with Crippen molar-refractivity contribution in [1.29, 1.82) is 0 Å². The number of benzene rings is 2. The second kappa shape index (κ2) is 8.34. The van der Waals surface area contributed by atoms with Gasteiger partial charge in [-0.2, -0.15) is 0 Å². The van der Waals surface area contributed by atoms with E-state index in [-0.39, 0.29) is 18.7 Å². The highest BCUT2D eigenvalue weighted by Crippen LogP contribution is 2.12. The summed E-state index contributed by atoms with van der Waals surface area (Å²) in [7, 11) is 0. The smallest absolute Gasteiger partial charge is 0.315 e. The van der Waals surface area contributed by atoms with Crippen LogP contribution in [0.25, 0.3) is 0 Å². The summed E-state index contributed by atoms with van der Waals surface area (Å²) >= 11 is 0. The van der Waals surface area contributed by atoms with Crippen LogP contribution in [0.2, 0.25) is 0 Å². The van der Waals surface area contributed by atoms with Crippen molar-refractivity contribution < 1.29 is 9.90 Å². The van der Waals surface area contributed by atoms with Gasteiger partial charge in [0.05, 0.1) is 12.6 Å². The fourth-order valence-electron chi connectivity index (χ4n) is 2.56. The molecule has 0 aliphatic rings. The van der Waals surface area contributed by atoms with E-state index in [4.69, 9.17) is 0 Å². The molecule has 0 fully saturated rings. The van der Waals surface area contributed by atoms with Gasteiger partial charge in [-0.05, 0) is 37.0 Å². The van der Waals surface area contributed by atoms with Crippen molar-refractivity contribution in [1.82, 2.24) is 10.6 Å². The number of aliphatic hydroxyl groups excluding tert-OH is 1. The number of aliphatic hydroxyl groups is 1. The number of amides is 2. The van der Waals surface area contributed by atoms with E-state index < -0.39 is 6.04 Å². The minimum absolute atomic E-state index is 0.00576. The zero-order valence-corrected chi connectivity index (χ0v) is 13.6. The van der Waals surface area contributed by atoms with Crippen molar-refractivity contribution in [3.63, 3.8) is 0 Å². The number of urea groups is 1. The first-order valence-corrected chi connectivity index (χ1v) is 7.87. The van der Waals surface area contributed by atoms with E-state index >= 15 is 0 Å². The van der Waals surface area contributed by atoms with Gasteiger partial charge in [0.15, 0.2) is 0 Å². The number of aryl methyl sites for hydroxylation is 1. The standard InChI is InChI=1S/C19H24N2O2/c1-14-8-6-7-11-17(14)12-15(2)20-19(23)21-18(13-22)16-9-4-3-5-10-16/h3-11,15,18,22H,12-13H2,1-2H3,(H2,20,21,23). The number of nitrogens with one attached hydrogen (secondary N) is 2. The van der Waals surface area contributed by atoms with E-state index in [0.29, 0.717) is 0 Å². The van der Waals surface area contributed by atoms with Gasteiger partial charge in [0.2, 0.25) is 0 Å². The van der Waals surface area contributed by atoms with Crippen LogP contribution < -0.4 is 10.6 Å². The number of hydrogen-bond donors (Lipinski definition) is 3. The second-order valence-corrected chi connectivity index (χ2v) is 5.80. The second-order valence-electron chi connectivity index (χ2n) is 5.80. The van der Waals surface area contributed by atoms with Crippen LogP contribution in [0.3, 0.4) is 0 Å². The first kappa shape index (κ1) is 17.0. The van der Waals surface area contributed by atoms with E-state index in [2.05, 4.69) is 29.7 Å². The lowest BCUT2D eigenvalue weighted by Gasteiger charge is -2.20. The maximum absolute atomic E-state index is 12.1. The van der Waals surface area contributed by atoms with Crippen molar-refractivity contribution in [3.8, 4) is 0 Å². The van der Waals surface area contributed by atoms with Crippen LogP contribution in [-0.4, -0.2) is 23.8 Å². The molecule has 23 heavy (non-hydrogen) atoms. The molecule has 0 aromatic heterocycles. The zero-order chi connectivity index (χ0) is 16.7. The Morgan fingerprint density at radius 2 is 1.70 bits per heavy atom. The molecular weight excluding hydrogens is 288 g/mol. The Balaban J connectivity index is 1.89. The van der Waals surface area contributed by atoms with Crippen LogP contribution in [0.5, 0.6) is 0 Å². The highest BCUT2D eigenvalue weighted by molar-refractivity contribution is 5.74. The maximum atomic E-state index is 12.1. The lowest BCUT2D eigenvalue weighted by atomic mass is 10.0. The third-order valence-electron chi connectivity index (χ3n) is 3.85. The molecule has 4 nitrogen and oxygen atoms in total. The van der Waals surface area contributed by atoms with E-state index in [1.165, 1.54) is 11.1 Å². The monoisotopic (exact) mass is 312 g/mol. The molecule has 122 valence electrons. The first-order chi connectivity index (χ1) is 11.1. The molecule has 2 aromatic rings. The van der Waals surface area contributed by atoms with E-state index in [1.54, 1.807) is 0 Å². The molecule has 0 bridgehead atoms. The highest BCUT2D eigenvalue weighted by Gasteiger charge is 2.15. The highest BCUT2D eigenvalue weighted by atomic mass is 16.3. The summed E-state index contributed by atoms with van der Waals surface area (Å²) in [5.74, 6) is 0. The quantitative estimate of drug-likeness (QED) is 0.768. The predicted octanol–water partition coefficient (Wildman–Crippen LogP) is 2.96. The summed E-state index contributed by atoms with van der Waals surface area (Å²) in [5.41, 5.74) is 3.33. The molecule has 0 heterocycles. The molecule has 3 N–H and O–H groups in total. The van der Waals surface area contributed by atoms with Crippen LogP contribution >= 0.6 is 0 Å². The van der Waals surface area contributed by atoms with Gasteiger partial charge in [-0.15, -0.1) is 0 Å². The zero-order valence-electron chi connectivity index (χ0n) is 13.6. The molecule has 0 aliphatic heterocycles. The molecule has 0 spiro atoms. The van der Waals surface area contributed by atoms with Crippen molar-refractivity contribution in [2.24, 2.45) is 0 Å². The Kier molecular flexibility index (Phi) is 6.18. The van der Waals surface area contributed by atoms with Crippen molar-refractivity contribution in [3.05, 3.63) is 71.3 Å². The summed E-state index contributed by atoms with van der Waals surface area (Å²) in [6.45, 7) is 3.91. The molecule has 0 radical (unpaired) electrons. The fourth-order valence-corrected chi connectivity index (χ4v) is 2.56. The summed E-state index contributed by atoms with van der Waals surface area (Å²) in [4.78, 5) is 12.1. The van der Waals surface area contributed by atoms with E-state index in [9.17, 15) is 9.90 Å². The molecule has 0 aliphatic carbocycles.